The van der Waals surface area contributed by atoms with Crippen LogP contribution in [0.25, 0.3) is 16.6 Å². The molecule has 2 aromatic carbocycles. The molecule has 1 atom stereocenters. The number of carbonyl (C=O) groups is 1. The van der Waals surface area contributed by atoms with Gasteiger partial charge in [-0.05, 0) is 50.5 Å². The van der Waals surface area contributed by atoms with Crippen molar-refractivity contribution in [3.8, 4) is 5.69 Å². The number of benzene rings is 2. The molecule has 8 heteroatoms. The van der Waals surface area contributed by atoms with Crippen LogP contribution in [-0.2, 0) is 11.3 Å². The minimum Gasteiger partial charge on any atom is -0.348 e. The third-order valence-electron chi connectivity index (χ3n) is 5.97. The smallest absolute Gasteiger partial charge is 0.293 e. The van der Waals surface area contributed by atoms with Gasteiger partial charge in [0.25, 0.3) is 5.56 Å². The van der Waals surface area contributed by atoms with Gasteiger partial charge in [0.1, 0.15) is 17.9 Å². The van der Waals surface area contributed by atoms with E-state index >= 15 is 0 Å². The molecule has 0 aliphatic heterocycles. The van der Waals surface area contributed by atoms with Crippen molar-refractivity contribution >= 4 is 16.8 Å². The maximum absolute atomic E-state index is 14.3. The molecule has 4 aromatic rings. The number of fused-ring (bicyclic) bond motifs is 1. The maximum Gasteiger partial charge on any atom is 0.293 e. The second-order valence-corrected chi connectivity index (χ2v) is 8.59. The van der Waals surface area contributed by atoms with Gasteiger partial charge in [-0.3, -0.25) is 9.59 Å². The molecule has 1 amide bonds. The molecular formula is C25H24FN5O2. The van der Waals surface area contributed by atoms with Crippen molar-refractivity contribution < 1.29 is 9.18 Å². The van der Waals surface area contributed by atoms with Gasteiger partial charge in [0.2, 0.25) is 5.91 Å². The van der Waals surface area contributed by atoms with Gasteiger partial charge in [-0.1, -0.05) is 30.3 Å². The molecule has 1 N–H and O–H groups in total. The van der Waals surface area contributed by atoms with Crippen LogP contribution in [0.2, 0.25) is 0 Å². The highest BCUT2D eigenvalue weighted by molar-refractivity contribution is 5.83. The van der Waals surface area contributed by atoms with Gasteiger partial charge in [-0.25, -0.2) is 13.8 Å². The van der Waals surface area contributed by atoms with Crippen LogP contribution in [0.1, 0.15) is 48.5 Å². The number of nitrogens with one attached hydrogen (secondary N) is 1. The first-order valence-electron chi connectivity index (χ1n) is 11.0. The number of aromatic nitrogens is 4. The molecule has 0 unspecified atom stereocenters. The van der Waals surface area contributed by atoms with Gasteiger partial charge in [0, 0.05) is 16.9 Å². The first-order chi connectivity index (χ1) is 15.9. The van der Waals surface area contributed by atoms with Crippen LogP contribution in [0, 0.1) is 12.7 Å². The zero-order valence-corrected chi connectivity index (χ0v) is 18.5. The Morgan fingerprint density at radius 3 is 2.67 bits per heavy atom. The monoisotopic (exact) mass is 445 g/mol. The maximum atomic E-state index is 14.3. The van der Waals surface area contributed by atoms with E-state index in [1.807, 2.05) is 37.3 Å². The standard InChI is InChI=1S/C25H24FN5O2/c1-15-8-11-19(21(26)12-15)16(2)28-22(32)14-30-25(33)24-20(23(29-30)17-9-10-17)13-27-31(24)18-6-4-3-5-7-18/h3-8,11-13,16-17H,9-10,14H2,1-2H3,(H,28,32)/t16-/m0/s1. The summed E-state index contributed by atoms with van der Waals surface area (Å²) in [5, 5.41) is 12.5. The quantitative estimate of drug-likeness (QED) is 0.490. The Kier molecular flexibility index (Phi) is 5.28. The highest BCUT2D eigenvalue weighted by atomic mass is 19.1. The number of amides is 1. The molecule has 33 heavy (non-hydrogen) atoms. The van der Waals surface area contributed by atoms with Crippen molar-refractivity contribution in [3.63, 3.8) is 0 Å². The molecule has 5 rings (SSSR count). The number of hydrogen-bond donors (Lipinski definition) is 1. The Morgan fingerprint density at radius 1 is 1.21 bits per heavy atom. The Hall–Kier alpha value is -3.81. The van der Waals surface area contributed by atoms with Crippen molar-refractivity contribution in [2.24, 2.45) is 0 Å². The summed E-state index contributed by atoms with van der Waals surface area (Å²) >= 11 is 0. The van der Waals surface area contributed by atoms with Crippen LogP contribution in [-0.4, -0.2) is 25.5 Å². The highest BCUT2D eigenvalue weighted by Crippen LogP contribution is 2.41. The Bertz CT molecular complexity index is 1410. The summed E-state index contributed by atoms with van der Waals surface area (Å²) in [6.07, 6.45) is 3.66. The van der Waals surface area contributed by atoms with E-state index in [9.17, 15) is 14.0 Å². The molecule has 168 valence electrons. The fraction of sp³-hybridized carbons (Fsp3) is 0.280. The Balaban J connectivity index is 1.48. The second-order valence-electron chi connectivity index (χ2n) is 8.59. The normalized spacial score (nSPS) is 14.4. The second kappa shape index (κ2) is 8.27. The van der Waals surface area contributed by atoms with E-state index in [-0.39, 0.29) is 23.8 Å². The zero-order chi connectivity index (χ0) is 23.1. The minimum atomic E-state index is -0.546. The molecule has 7 nitrogen and oxygen atoms in total. The lowest BCUT2D eigenvalue weighted by Crippen LogP contribution is -2.36. The third kappa shape index (κ3) is 4.04. The van der Waals surface area contributed by atoms with Crippen LogP contribution >= 0.6 is 0 Å². The van der Waals surface area contributed by atoms with E-state index < -0.39 is 11.9 Å². The average molecular weight is 445 g/mol. The van der Waals surface area contributed by atoms with Crippen molar-refractivity contribution in [1.82, 2.24) is 24.9 Å². The summed E-state index contributed by atoms with van der Waals surface area (Å²) in [6, 6.07) is 13.7. The predicted molar refractivity (Wildman–Crippen MR) is 123 cm³/mol. The van der Waals surface area contributed by atoms with Gasteiger partial charge in [-0.2, -0.15) is 10.2 Å². The van der Waals surface area contributed by atoms with Gasteiger partial charge in [0.05, 0.1) is 23.6 Å². The molecule has 0 radical (unpaired) electrons. The van der Waals surface area contributed by atoms with E-state index in [1.165, 1.54) is 10.7 Å². The number of nitrogens with zero attached hydrogens (tertiary/aromatic N) is 4. The van der Waals surface area contributed by atoms with E-state index in [0.29, 0.717) is 11.1 Å². The lowest BCUT2D eigenvalue weighted by atomic mass is 10.1. The molecule has 1 aliphatic rings. The van der Waals surface area contributed by atoms with Gasteiger partial charge < -0.3 is 5.32 Å². The van der Waals surface area contributed by atoms with Crippen LogP contribution < -0.4 is 10.9 Å². The Labute approximate surface area is 189 Å². The van der Waals surface area contributed by atoms with Crippen LogP contribution in [0.15, 0.2) is 59.5 Å². The fourth-order valence-corrected chi connectivity index (χ4v) is 4.11. The number of carbonyl (C=O) groups excluding carboxylic acids is 1. The number of hydrogen-bond acceptors (Lipinski definition) is 4. The van der Waals surface area contributed by atoms with E-state index in [2.05, 4.69) is 15.5 Å². The summed E-state index contributed by atoms with van der Waals surface area (Å²) in [4.78, 5) is 26.2. The zero-order valence-electron chi connectivity index (χ0n) is 18.5. The Morgan fingerprint density at radius 2 is 1.97 bits per heavy atom. The molecule has 1 saturated carbocycles. The minimum absolute atomic E-state index is 0.258. The summed E-state index contributed by atoms with van der Waals surface area (Å²) in [5.41, 5.74) is 2.77. The average Bonchev–Trinajstić information content (AvgIpc) is 3.53. The largest absolute Gasteiger partial charge is 0.348 e. The summed E-state index contributed by atoms with van der Waals surface area (Å²) in [7, 11) is 0. The number of para-hydroxylation sites is 1. The van der Waals surface area contributed by atoms with Gasteiger partial charge in [0.15, 0.2) is 0 Å². The first kappa shape index (κ1) is 21.1. The molecule has 0 bridgehead atoms. The molecule has 2 aromatic heterocycles. The lowest BCUT2D eigenvalue weighted by molar-refractivity contribution is -0.122. The van der Waals surface area contributed by atoms with E-state index in [0.717, 1.165) is 35.2 Å². The number of rotatable bonds is 6. The van der Waals surface area contributed by atoms with E-state index in [1.54, 1.807) is 29.9 Å². The summed E-state index contributed by atoms with van der Waals surface area (Å²) in [6.45, 7) is 3.26. The SMILES string of the molecule is Cc1ccc([C@H](C)NC(=O)Cn2nc(C3CC3)c3cnn(-c4ccccc4)c3c2=O)c(F)c1. The molecular weight excluding hydrogens is 421 g/mol. The van der Waals surface area contributed by atoms with Crippen molar-refractivity contribution in [2.75, 3.05) is 0 Å². The van der Waals surface area contributed by atoms with Crippen LogP contribution in [0.3, 0.4) is 0 Å². The lowest BCUT2D eigenvalue weighted by Gasteiger charge is -2.16. The van der Waals surface area contributed by atoms with Crippen LogP contribution in [0.5, 0.6) is 0 Å². The van der Waals surface area contributed by atoms with E-state index in [4.69, 9.17) is 0 Å². The molecule has 1 fully saturated rings. The highest BCUT2D eigenvalue weighted by Gasteiger charge is 2.30. The summed E-state index contributed by atoms with van der Waals surface area (Å²) in [5.74, 6) is -0.525. The molecule has 2 heterocycles. The third-order valence-corrected chi connectivity index (χ3v) is 5.97. The van der Waals surface area contributed by atoms with Crippen molar-refractivity contribution in [3.05, 3.63) is 87.7 Å². The van der Waals surface area contributed by atoms with Gasteiger partial charge in [-0.15, -0.1) is 0 Å². The molecule has 1 aliphatic carbocycles. The summed E-state index contributed by atoms with van der Waals surface area (Å²) < 4.78 is 17.1. The first-order valence-corrected chi connectivity index (χ1v) is 11.0. The molecule has 0 saturated heterocycles. The van der Waals surface area contributed by atoms with Gasteiger partial charge >= 0.3 is 0 Å². The fourth-order valence-electron chi connectivity index (χ4n) is 4.11. The van der Waals surface area contributed by atoms with Crippen LogP contribution in [0.4, 0.5) is 4.39 Å². The number of aryl methyl sites for hydroxylation is 1. The van der Waals surface area contributed by atoms with Crippen molar-refractivity contribution in [1.29, 1.82) is 0 Å². The number of halogens is 1. The topological polar surface area (TPSA) is 81.8 Å². The molecule has 0 spiro atoms. The van der Waals surface area contributed by atoms with Crippen molar-refractivity contribution in [2.45, 2.75) is 45.2 Å². The predicted octanol–water partition coefficient (Wildman–Crippen LogP) is 3.78.